The number of unbranched alkanes of at least 4 members (excludes halogenated alkanes) is 1. The SMILES string of the molecule is Cc1ccc2c(NCCCCNCCCNc3ccnc4cc(C)ccc34)ccnc2c1. The van der Waals surface area contributed by atoms with Gasteiger partial charge in [0.05, 0.1) is 11.0 Å². The van der Waals surface area contributed by atoms with Crippen LogP contribution in [-0.4, -0.2) is 36.1 Å². The molecule has 0 unspecified atom stereocenters. The van der Waals surface area contributed by atoms with Crippen molar-refractivity contribution in [3.63, 3.8) is 0 Å². The first-order chi connectivity index (χ1) is 15.7. The minimum Gasteiger partial charge on any atom is -0.384 e. The fraction of sp³-hybridized carbons (Fsp3) is 0.333. The zero-order valence-corrected chi connectivity index (χ0v) is 19.1. The summed E-state index contributed by atoms with van der Waals surface area (Å²) >= 11 is 0. The van der Waals surface area contributed by atoms with Crippen molar-refractivity contribution in [2.75, 3.05) is 36.8 Å². The van der Waals surface area contributed by atoms with Crippen molar-refractivity contribution in [3.05, 3.63) is 72.1 Å². The first-order valence-electron chi connectivity index (χ1n) is 11.6. The molecule has 0 aliphatic carbocycles. The second kappa shape index (κ2) is 10.9. The van der Waals surface area contributed by atoms with Gasteiger partial charge in [-0.05, 0) is 81.6 Å². The molecular formula is C27H33N5. The van der Waals surface area contributed by atoms with E-state index in [4.69, 9.17) is 0 Å². The molecule has 0 spiro atoms. The molecule has 32 heavy (non-hydrogen) atoms. The standard InChI is InChI=1S/C27H33N5/c1-20-6-8-22-24(10-16-31-26(22)18-20)29-14-4-3-12-28-13-5-15-30-25-11-17-32-27-19-21(2)7-9-23(25)27/h6-11,16-19,28H,3-5,12-15H2,1-2H3,(H,29,31)(H,30,32). The molecule has 166 valence electrons. The van der Waals surface area contributed by atoms with Gasteiger partial charge in [0.1, 0.15) is 0 Å². The minimum absolute atomic E-state index is 0.955. The number of aryl methyl sites for hydroxylation is 2. The number of nitrogens with zero attached hydrogens (tertiary/aromatic N) is 2. The van der Waals surface area contributed by atoms with E-state index in [0.29, 0.717) is 0 Å². The van der Waals surface area contributed by atoms with Crippen LogP contribution in [0.2, 0.25) is 0 Å². The van der Waals surface area contributed by atoms with Gasteiger partial charge in [0.25, 0.3) is 0 Å². The number of aromatic nitrogens is 2. The molecule has 2 aromatic heterocycles. The smallest absolute Gasteiger partial charge is 0.0725 e. The molecule has 0 saturated carbocycles. The number of hydrogen-bond acceptors (Lipinski definition) is 5. The molecule has 2 heterocycles. The van der Waals surface area contributed by atoms with E-state index in [-0.39, 0.29) is 0 Å². The van der Waals surface area contributed by atoms with Crippen molar-refractivity contribution in [1.82, 2.24) is 15.3 Å². The molecule has 0 atom stereocenters. The maximum Gasteiger partial charge on any atom is 0.0725 e. The Balaban J connectivity index is 1.10. The second-order valence-electron chi connectivity index (χ2n) is 8.42. The van der Waals surface area contributed by atoms with E-state index < -0.39 is 0 Å². The van der Waals surface area contributed by atoms with Crippen LogP contribution < -0.4 is 16.0 Å². The van der Waals surface area contributed by atoms with Gasteiger partial charge in [-0.25, -0.2) is 0 Å². The Kier molecular flexibility index (Phi) is 7.51. The highest BCUT2D eigenvalue weighted by Gasteiger charge is 2.03. The third kappa shape index (κ3) is 5.74. The van der Waals surface area contributed by atoms with Crippen molar-refractivity contribution in [2.45, 2.75) is 33.1 Å². The topological polar surface area (TPSA) is 61.9 Å². The number of rotatable bonds is 11. The zero-order chi connectivity index (χ0) is 22.2. The lowest BCUT2D eigenvalue weighted by molar-refractivity contribution is 0.619. The van der Waals surface area contributed by atoms with Gasteiger partial charge in [-0.3, -0.25) is 9.97 Å². The van der Waals surface area contributed by atoms with Gasteiger partial charge in [-0.2, -0.15) is 0 Å². The van der Waals surface area contributed by atoms with Crippen LogP contribution in [0.15, 0.2) is 60.9 Å². The Morgan fingerprint density at radius 3 is 1.69 bits per heavy atom. The van der Waals surface area contributed by atoms with Crippen LogP contribution in [-0.2, 0) is 0 Å². The predicted molar refractivity (Wildman–Crippen MR) is 137 cm³/mol. The van der Waals surface area contributed by atoms with Crippen molar-refractivity contribution in [2.24, 2.45) is 0 Å². The van der Waals surface area contributed by atoms with Crippen LogP contribution >= 0.6 is 0 Å². The Morgan fingerprint density at radius 2 is 1.09 bits per heavy atom. The molecule has 0 aliphatic rings. The third-order valence-electron chi connectivity index (χ3n) is 5.74. The Bertz CT molecular complexity index is 1080. The van der Waals surface area contributed by atoms with E-state index in [1.54, 1.807) is 0 Å². The molecule has 4 aromatic rings. The molecule has 0 saturated heterocycles. The fourth-order valence-electron chi connectivity index (χ4n) is 3.98. The van der Waals surface area contributed by atoms with E-state index in [1.165, 1.54) is 33.3 Å². The molecule has 0 aliphatic heterocycles. The Morgan fingerprint density at radius 1 is 0.594 bits per heavy atom. The van der Waals surface area contributed by atoms with Gasteiger partial charge < -0.3 is 16.0 Å². The maximum atomic E-state index is 4.48. The first-order valence-corrected chi connectivity index (χ1v) is 11.6. The highest BCUT2D eigenvalue weighted by Crippen LogP contribution is 2.23. The molecule has 4 rings (SSSR count). The van der Waals surface area contributed by atoms with Gasteiger partial charge >= 0.3 is 0 Å². The second-order valence-corrected chi connectivity index (χ2v) is 8.42. The van der Waals surface area contributed by atoms with Gasteiger partial charge in [0, 0.05) is 47.6 Å². The first kappa shape index (κ1) is 22.0. The zero-order valence-electron chi connectivity index (χ0n) is 19.1. The van der Waals surface area contributed by atoms with Crippen molar-refractivity contribution >= 4 is 33.2 Å². The molecular weight excluding hydrogens is 394 g/mol. The lowest BCUT2D eigenvalue weighted by Crippen LogP contribution is -2.20. The van der Waals surface area contributed by atoms with E-state index in [0.717, 1.165) is 56.5 Å². The van der Waals surface area contributed by atoms with Crippen LogP contribution in [0, 0.1) is 13.8 Å². The molecule has 0 radical (unpaired) electrons. The fourth-order valence-corrected chi connectivity index (χ4v) is 3.98. The molecule has 5 nitrogen and oxygen atoms in total. The number of nitrogens with one attached hydrogen (secondary N) is 3. The van der Waals surface area contributed by atoms with Gasteiger partial charge in [0.15, 0.2) is 0 Å². The van der Waals surface area contributed by atoms with Gasteiger partial charge in [-0.15, -0.1) is 0 Å². The van der Waals surface area contributed by atoms with E-state index in [9.17, 15) is 0 Å². The maximum absolute atomic E-state index is 4.48. The Labute approximate surface area is 190 Å². The largest absolute Gasteiger partial charge is 0.384 e. The monoisotopic (exact) mass is 427 g/mol. The summed E-state index contributed by atoms with van der Waals surface area (Å²) in [5.74, 6) is 0. The molecule has 2 aromatic carbocycles. The highest BCUT2D eigenvalue weighted by atomic mass is 14.9. The molecule has 0 amide bonds. The number of fused-ring (bicyclic) bond motifs is 2. The summed E-state index contributed by atoms with van der Waals surface area (Å²) in [5, 5.41) is 13.1. The minimum atomic E-state index is 0.955. The van der Waals surface area contributed by atoms with Crippen molar-refractivity contribution in [3.8, 4) is 0 Å². The van der Waals surface area contributed by atoms with Crippen molar-refractivity contribution in [1.29, 1.82) is 0 Å². The summed E-state index contributed by atoms with van der Waals surface area (Å²) in [6, 6.07) is 17.0. The van der Waals surface area contributed by atoms with Crippen LogP contribution in [0.4, 0.5) is 11.4 Å². The van der Waals surface area contributed by atoms with E-state index in [1.807, 2.05) is 12.4 Å². The summed E-state index contributed by atoms with van der Waals surface area (Å²) in [5.41, 5.74) is 6.93. The number of pyridine rings is 2. The lowest BCUT2D eigenvalue weighted by atomic mass is 10.1. The molecule has 5 heteroatoms. The van der Waals surface area contributed by atoms with Gasteiger partial charge in [-0.1, -0.05) is 24.3 Å². The normalized spacial score (nSPS) is 11.2. The van der Waals surface area contributed by atoms with E-state index >= 15 is 0 Å². The van der Waals surface area contributed by atoms with Crippen molar-refractivity contribution < 1.29 is 0 Å². The summed E-state index contributed by atoms with van der Waals surface area (Å²) in [7, 11) is 0. The quantitative estimate of drug-likeness (QED) is 0.269. The number of benzene rings is 2. The average molecular weight is 428 g/mol. The highest BCUT2D eigenvalue weighted by molar-refractivity contribution is 5.92. The summed E-state index contributed by atoms with van der Waals surface area (Å²) in [6.07, 6.45) is 7.16. The van der Waals surface area contributed by atoms with Crippen LogP contribution in [0.3, 0.4) is 0 Å². The summed E-state index contributed by atoms with van der Waals surface area (Å²) < 4.78 is 0. The number of hydrogen-bond donors (Lipinski definition) is 3. The average Bonchev–Trinajstić information content (AvgIpc) is 2.80. The number of anilines is 2. The van der Waals surface area contributed by atoms with Crippen LogP contribution in [0.1, 0.15) is 30.4 Å². The molecule has 0 fully saturated rings. The van der Waals surface area contributed by atoms with Gasteiger partial charge in [0.2, 0.25) is 0 Å². The summed E-state index contributed by atoms with van der Waals surface area (Å²) in [6.45, 7) is 8.21. The molecule has 0 bridgehead atoms. The molecule has 3 N–H and O–H groups in total. The van der Waals surface area contributed by atoms with Crippen LogP contribution in [0.5, 0.6) is 0 Å². The predicted octanol–water partition coefficient (Wildman–Crippen LogP) is 5.68. The lowest BCUT2D eigenvalue weighted by Gasteiger charge is -2.11. The van der Waals surface area contributed by atoms with Crippen LogP contribution in [0.25, 0.3) is 21.8 Å². The third-order valence-corrected chi connectivity index (χ3v) is 5.74. The Hall–Kier alpha value is -3.18. The summed E-state index contributed by atoms with van der Waals surface area (Å²) in [4.78, 5) is 8.95. The van der Waals surface area contributed by atoms with E-state index in [2.05, 4.69) is 88.3 Å².